The van der Waals surface area contributed by atoms with Gasteiger partial charge in [0.1, 0.15) is 6.61 Å². The molecule has 0 bridgehead atoms. The highest BCUT2D eigenvalue weighted by Crippen LogP contribution is 2.19. The first-order chi connectivity index (χ1) is 7.79. The van der Waals surface area contributed by atoms with Crippen molar-refractivity contribution in [1.29, 1.82) is 0 Å². The average molecular weight is 234 g/mol. The van der Waals surface area contributed by atoms with Crippen molar-refractivity contribution >= 4 is 17.3 Å². The number of thiocarbonyl (C=S) groups is 1. The summed E-state index contributed by atoms with van der Waals surface area (Å²) >= 11 is 5.15. The molecule has 1 aromatic carbocycles. The molecule has 1 aromatic rings. The van der Waals surface area contributed by atoms with E-state index in [4.69, 9.17) is 28.1 Å². The van der Waals surface area contributed by atoms with Crippen molar-refractivity contribution in [3.8, 4) is 12.3 Å². The Morgan fingerprint density at radius 1 is 1.44 bits per heavy atom. The van der Waals surface area contributed by atoms with Gasteiger partial charge in [0.2, 0.25) is 0 Å². The van der Waals surface area contributed by atoms with Gasteiger partial charge in [-0.3, -0.25) is 0 Å². The van der Waals surface area contributed by atoms with Gasteiger partial charge in [0.15, 0.2) is 11.2 Å². The Bertz CT molecular complexity index is 367. The third kappa shape index (κ3) is 3.65. The fourth-order valence-electron chi connectivity index (χ4n) is 1.28. The van der Waals surface area contributed by atoms with Crippen LogP contribution in [0.15, 0.2) is 30.3 Å². The maximum absolute atomic E-state index is 5.49. The highest BCUT2D eigenvalue weighted by molar-refractivity contribution is 7.80. The van der Waals surface area contributed by atoms with E-state index in [0.717, 1.165) is 5.56 Å². The Morgan fingerprint density at radius 3 is 2.69 bits per heavy atom. The maximum atomic E-state index is 5.49. The molecule has 0 aliphatic carbocycles. The summed E-state index contributed by atoms with van der Waals surface area (Å²) in [6.45, 7) is 2.63. The van der Waals surface area contributed by atoms with Crippen LogP contribution in [0.3, 0.4) is 0 Å². The van der Waals surface area contributed by atoms with Crippen molar-refractivity contribution in [2.75, 3.05) is 13.2 Å². The lowest BCUT2D eigenvalue weighted by molar-refractivity contribution is 0.108. The average Bonchev–Trinajstić information content (AvgIpc) is 2.31. The fraction of sp³-hybridized carbons (Fsp3) is 0.308. The SMILES string of the molecule is C#CCOC(C(=S)OCC)c1ccccc1. The number of rotatable bonds is 5. The van der Waals surface area contributed by atoms with Gasteiger partial charge in [-0.05, 0) is 24.7 Å². The smallest absolute Gasteiger partial charge is 0.193 e. The van der Waals surface area contributed by atoms with Gasteiger partial charge in [0.05, 0.1) is 6.61 Å². The van der Waals surface area contributed by atoms with E-state index in [1.807, 2.05) is 37.3 Å². The van der Waals surface area contributed by atoms with Crippen LogP contribution >= 0.6 is 12.2 Å². The van der Waals surface area contributed by atoms with Crippen molar-refractivity contribution in [1.82, 2.24) is 0 Å². The second-order valence-electron chi connectivity index (χ2n) is 3.06. The molecule has 1 unspecified atom stereocenters. The van der Waals surface area contributed by atoms with Crippen LogP contribution in [-0.4, -0.2) is 18.3 Å². The van der Waals surface area contributed by atoms with Crippen molar-refractivity contribution in [3.05, 3.63) is 35.9 Å². The summed E-state index contributed by atoms with van der Waals surface area (Å²) < 4.78 is 10.8. The van der Waals surface area contributed by atoms with Crippen molar-refractivity contribution in [2.24, 2.45) is 0 Å². The van der Waals surface area contributed by atoms with Crippen LogP contribution in [0, 0.1) is 12.3 Å². The zero-order valence-electron chi connectivity index (χ0n) is 9.18. The standard InChI is InChI=1S/C13H14O2S/c1-3-10-15-12(13(16)14-4-2)11-8-6-5-7-9-11/h1,5-9,12H,4,10H2,2H3. The first-order valence-electron chi connectivity index (χ1n) is 5.06. The molecule has 0 radical (unpaired) electrons. The molecule has 0 aliphatic heterocycles. The summed E-state index contributed by atoms with van der Waals surface area (Å²) in [5.41, 5.74) is 0.955. The second kappa shape index (κ2) is 7.00. The largest absolute Gasteiger partial charge is 0.485 e. The van der Waals surface area contributed by atoms with Gasteiger partial charge in [0, 0.05) is 0 Å². The highest BCUT2D eigenvalue weighted by Gasteiger charge is 2.18. The molecule has 0 spiro atoms. The third-order valence-corrected chi connectivity index (χ3v) is 2.27. The van der Waals surface area contributed by atoms with E-state index in [-0.39, 0.29) is 12.7 Å². The molecular weight excluding hydrogens is 220 g/mol. The zero-order chi connectivity index (χ0) is 11.8. The summed E-state index contributed by atoms with van der Waals surface area (Å²) in [4.78, 5) is 0. The van der Waals surface area contributed by atoms with E-state index >= 15 is 0 Å². The van der Waals surface area contributed by atoms with Gasteiger partial charge in [-0.15, -0.1) is 6.42 Å². The Hall–Kier alpha value is -1.37. The normalized spacial score (nSPS) is 11.5. The van der Waals surface area contributed by atoms with Gasteiger partial charge < -0.3 is 9.47 Å². The minimum atomic E-state index is -0.368. The molecule has 0 aromatic heterocycles. The van der Waals surface area contributed by atoms with Gasteiger partial charge >= 0.3 is 0 Å². The molecule has 0 N–H and O–H groups in total. The molecule has 1 atom stereocenters. The number of benzene rings is 1. The quantitative estimate of drug-likeness (QED) is 0.576. The third-order valence-electron chi connectivity index (χ3n) is 1.94. The lowest BCUT2D eigenvalue weighted by atomic mass is 10.1. The van der Waals surface area contributed by atoms with Crippen LogP contribution in [0.4, 0.5) is 0 Å². The Labute approximate surface area is 102 Å². The number of ether oxygens (including phenoxy) is 2. The van der Waals surface area contributed by atoms with E-state index in [9.17, 15) is 0 Å². The van der Waals surface area contributed by atoms with Gasteiger partial charge in [-0.1, -0.05) is 36.3 Å². The van der Waals surface area contributed by atoms with E-state index in [2.05, 4.69) is 5.92 Å². The number of hydrogen-bond acceptors (Lipinski definition) is 3. The van der Waals surface area contributed by atoms with Crippen LogP contribution < -0.4 is 0 Å². The van der Waals surface area contributed by atoms with Crippen LogP contribution in [0.5, 0.6) is 0 Å². The van der Waals surface area contributed by atoms with Crippen LogP contribution in [-0.2, 0) is 9.47 Å². The zero-order valence-corrected chi connectivity index (χ0v) is 10.00. The molecule has 84 valence electrons. The lowest BCUT2D eigenvalue weighted by Crippen LogP contribution is -2.17. The molecule has 16 heavy (non-hydrogen) atoms. The molecule has 2 nitrogen and oxygen atoms in total. The minimum Gasteiger partial charge on any atom is -0.485 e. The van der Waals surface area contributed by atoms with Crippen molar-refractivity contribution in [2.45, 2.75) is 13.0 Å². The summed E-state index contributed by atoms with van der Waals surface area (Å²) in [5, 5.41) is 0.420. The molecular formula is C13H14O2S. The Balaban J connectivity index is 2.79. The predicted octanol–water partition coefficient (Wildman–Crippen LogP) is 2.74. The lowest BCUT2D eigenvalue weighted by Gasteiger charge is -2.17. The first-order valence-corrected chi connectivity index (χ1v) is 5.47. The highest BCUT2D eigenvalue weighted by atomic mass is 32.1. The van der Waals surface area contributed by atoms with E-state index in [0.29, 0.717) is 11.7 Å². The molecule has 1 rings (SSSR count). The van der Waals surface area contributed by atoms with Gasteiger partial charge in [-0.2, -0.15) is 0 Å². The maximum Gasteiger partial charge on any atom is 0.193 e. The summed E-state index contributed by atoms with van der Waals surface area (Å²) in [6.07, 6.45) is 4.80. The summed E-state index contributed by atoms with van der Waals surface area (Å²) in [6, 6.07) is 9.66. The monoisotopic (exact) mass is 234 g/mol. The van der Waals surface area contributed by atoms with Gasteiger partial charge in [0.25, 0.3) is 0 Å². The number of terminal acetylenes is 1. The molecule has 0 amide bonds. The predicted molar refractivity (Wildman–Crippen MR) is 68.2 cm³/mol. The molecule has 3 heteroatoms. The minimum absolute atomic E-state index is 0.215. The second-order valence-corrected chi connectivity index (χ2v) is 3.46. The Kier molecular flexibility index (Phi) is 5.55. The van der Waals surface area contributed by atoms with E-state index in [1.165, 1.54) is 0 Å². The molecule has 0 saturated carbocycles. The topological polar surface area (TPSA) is 18.5 Å². The van der Waals surface area contributed by atoms with E-state index < -0.39 is 0 Å². The van der Waals surface area contributed by atoms with Gasteiger partial charge in [-0.25, -0.2) is 0 Å². The molecule has 0 fully saturated rings. The molecule has 0 aliphatic rings. The number of hydrogen-bond donors (Lipinski definition) is 0. The fourth-order valence-corrected chi connectivity index (χ4v) is 1.60. The summed E-state index contributed by atoms with van der Waals surface area (Å²) in [5.74, 6) is 2.43. The van der Waals surface area contributed by atoms with Crippen molar-refractivity contribution in [3.63, 3.8) is 0 Å². The van der Waals surface area contributed by atoms with Crippen LogP contribution in [0.1, 0.15) is 18.6 Å². The summed E-state index contributed by atoms with van der Waals surface area (Å²) in [7, 11) is 0. The molecule has 0 heterocycles. The van der Waals surface area contributed by atoms with Crippen molar-refractivity contribution < 1.29 is 9.47 Å². The van der Waals surface area contributed by atoms with Crippen LogP contribution in [0.2, 0.25) is 0 Å². The molecule has 0 saturated heterocycles. The Morgan fingerprint density at radius 2 is 2.12 bits per heavy atom. The van der Waals surface area contributed by atoms with Crippen LogP contribution in [0.25, 0.3) is 0 Å². The van der Waals surface area contributed by atoms with E-state index in [1.54, 1.807) is 0 Å². The first kappa shape index (κ1) is 12.7.